The highest BCUT2D eigenvalue weighted by Gasteiger charge is 2.34. The van der Waals surface area contributed by atoms with Gasteiger partial charge in [-0.3, -0.25) is 0 Å². The summed E-state index contributed by atoms with van der Waals surface area (Å²) in [5.41, 5.74) is 0.551. The molecule has 2 aromatic heterocycles. The number of aliphatic hydroxyl groups excluding tert-OH is 1. The number of piperidine rings is 1. The third kappa shape index (κ3) is 4.22. The van der Waals surface area contributed by atoms with E-state index in [1.807, 2.05) is 0 Å². The summed E-state index contributed by atoms with van der Waals surface area (Å²) in [5, 5.41) is 13.4. The summed E-state index contributed by atoms with van der Waals surface area (Å²) >= 11 is 0. The fourth-order valence-corrected chi connectivity index (χ4v) is 5.02. The molecular weight excluding hydrogens is 404 g/mol. The van der Waals surface area contributed by atoms with E-state index in [0.717, 1.165) is 15.9 Å². The minimum atomic E-state index is -3.43. The van der Waals surface area contributed by atoms with Crippen LogP contribution in [0.3, 0.4) is 0 Å². The summed E-state index contributed by atoms with van der Waals surface area (Å²) < 4.78 is 55.1. The van der Waals surface area contributed by atoms with Crippen molar-refractivity contribution in [1.82, 2.24) is 18.8 Å². The van der Waals surface area contributed by atoms with Gasteiger partial charge in [-0.15, -0.1) is 0 Å². The molecule has 8 nitrogen and oxygen atoms in total. The molecule has 1 saturated heterocycles. The van der Waals surface area contributed by atoms with E-state index in [-0.39, 0.29) is 25.5 Å². The van der Waals surface area contributed by atoms with Crippen molar-refractivity contribution in [1.29, 1.82) is 0 Å². The highest BCUT2D eigenvalue weighted by atomic mass is 32.2. The van der Waals surface area contributed by atoms with Crippen molar-refractivity contribution in [3.8, 4) is 0 Å². The van der Waals surface area contributed by atoms with Crippen LogP contribution in [-0.2, 0) is 10.0 Å². The second kappa shape index (κ2) is 7.77. The van der Waals surface area contributed by atoms with Crippen LogP contribution in [0.4, 0.5) is 14.7 Å². The lowest BCUT2D eigenvalue weighted by Gasteiger charge is -2.33. The molecule has 2 fully saturated rings. The van der Waals surface area contributed by atoms with E-state index in [0.29, 0.717) is 24.9 Å². The maximum absolute atomic E-state index is 14.5. The van der Waals surface area contributed by atoms with Crippen molar-refractivity contribution in [2.45, 2.75) is 56.2 Å². The number of fused-ring (bicyclic) bond motifs is 1. The quantitative estimate of drug-likeness (QED) is 0.767. The predicted molar refractivity (Wildman–Crippen MR) is 105 cm³/mol. The Morgan fingerprint density at radius 3 is 2.72 bits per heavy atom. The van der Waals surface area contributed by atoms with Gasteiger partial charge >= 0.3 is 0 Å². The molecule has 1 saturated carbocycles. The Morgan fingerprint density at radius 2 is 2.03 bits per heavy atom. The molecule has 1 aliphatic carbocycles. The lowest BCUT2D eigenvalue weighted by atomic mass is 9.91. The number of hydrogen-bond acceptors (Lipinski definition) is 6. The van der Waals surface area contributed by atoms with Gasteiger partial charge in [-0.25, -0.2) is 22.2 Å². The third-order valence-corrected chi connectivity index (χ3v) is 7.08. The summed E-state index contributed by atoms with van der Waals surface area (Å²) in [6.45, 7) is 0.0204. The van der Waals surface area contributed by atoms with Crippen LogP contribution in [0.25, 0.3) is 11.0 Å². The van der Waals surface area contributed by atoms with Crippen LogP contribution in [0, 0.1) is 0 Å². The minimum absolute atomic E-state index is 0.100. The summed E-state index contributed by atoms with van der Waals surface area (Å²) in [5.74, 6) is 0.226. The van der Waals surface area contributed by atoms with Crippen molar-refractivity contribution >= 4 is 27.0 Å². The minimum Gasteiger partial charge on any atom is -0.393 e. The van der Waals surface area contributed by atoms with Crippen LogP contribution in [0.2, 0.25) is 0 Å². The number of nitrogens with zero attached hydrogens (tertiary/aromatic N) is 4. The Hall–Kier alpha value is -1.85. The standard InChI is InChI=1S/C18H25F2N5O3S/c1-29(27,28)24-6-5-15(14(20)10-24)22-18-21-9-11-4-7-25(17(11)23-18)16-3-2-12(26)8-13(16)19/h4,7,9,12-16,26H,2-3,5-6,8,10H2,1H3,(H,21,22,23)/t12?,13?,14-,15-,16?/m1/s1. The van der Waals surface area contributed by atoms with E-state index in [1.54, 1.807) is 23.0 Å². The first kappa shape index (κ1) is 20.4. The first-order chi connectivity index (χ1) is 13.7. The van der Waals surface area contributed by atoms with Crippen LogP contribution < -0.4 is 5.32 Å². The summed E-state index contributed by atoms with van der Waals surface area (Å²) in [6.07, 6.45) is 2.70. The zero-order valence-corrected chi connectivity index (χ0v) is 16.9. The fraction of sp³-hybridized carbons (Fsp3) is 0.667. The molecule has 0 bridgehead atoms. The molecule has 0 radical (unpaired) electrons. The van der Waals surface area contributed by atoms with E-state index in [1.165, 1.54) is 0 Å². The second-order valence-corrected chi connectivity index (χ2v) is 9.90. The molecule has 5 atom stereocenters. The molecule has 0 spiro atoms. The zero-order chi connectivity index (χ0) is 20.8. The molecule has 29 heavy (non-hydrogen) atoms. The smallest absolute Gasteiger partial charge is 0.224 e. The maximum Gasteiger partial charge on any atom is 0.224 e. The average Bonchev–Trinajstić information content (AvgIpc) is 3.05. The number of aromatic nitrogens is 3. The summed E-state index contributed by atoms with van der Waals surface area (Å²) in [4.78, 5) is 8.70. The zero-order valence-electron chi connectivity index (χ0n) is 16.1. The highest BCUT2D eigenvalue weighted by Crippen LogP contribution is 2.33. The van der Waals surface area contributed by atoms with Gasteiger partial charge in [0.15, 0.2) is 0 Å². The SMILES string of the molecule is CS(=O)(=O)N1CC[C@@H](Nc2ncc3ccn(C4CCC(O)CC4F)c3n2)[C@H](F)C1. The fourth-order valence-electron chi connectivity index (χ4n) is 4.17. The first-order valence-corrected chi connectivity index (χ1v) is 11.6. The summed E-state index contributed by atoms with van der Waals surface area (Å²) in [6, 6.07) is 0.789. The van der Waals surface area contributed by atoms with Gasteiger partial charge in [-0.05, 0) is 25.3 Å². The Kier molecular flexibility index (Phi) is 5.47. The van der Waals surface area contributed by atoms with Crippen LogP contribution in [-0.4, -0.2) is 76.2 Å². The molecule has 160 valence electrons. The van der Waals surface area contributed by atoms with E-state index >= 15 is 0 Å². The van der Waals surface area contributed by atoms with Gasteiger partial charge in [0.05, 0.1) is 24.4 Å². The van der Waals surface area contributed by atoms with E-state index in [4.69, 9.17) is 0 Å². The maximum atomic E-state index is 14.5. The van der Waals surface area contributed by atoms with E-state index < -0.39 is 40.6 Å². The van der Waals surface area contributed by atoms with E-state index in [2.05, 4.69) is 15.3 Å². The number of sulfonamides is 1. The second-order valence-electron chi connectivity index (χ2n) is 7.92. The molecule has 2 aromatic rings. The molecule has 3 heterocycles. The van der Waals surface area contributed by atoms with Gasteiger partial charge in [0, 0.05) is 37.3 Å². The molecular formula is C18H25F2N5O3S. The molecule has 1 aliphatic heterocycles. The lowest BCUT2D eigenvalue weighted by molar-refractivity contribution is 0.0534. The largest absolute Gasteiger partial charge is 0.393 e. The van der Waals surface area contributed by atoms with Crippen LogP contribution in [0.1, 0.15) is 31.7 Å². The van der Waals surface area contributed by atoms with Gasteiger partial charge in [0.2, 0.25) is 16.0 Å². The van der Waals surface area contributed by atoms with Gasteiger partial charge in [0.1, 0.15) is 18.0 Å². The average molecular weight is 429 g/mol. The van der Waals surface area contributed by atoms with Gasteiger partial charge in [-0.1, -0.05) is 0 Å². The molecule has 2 aliphatic rings. The van der Waals surface area contributed by atoms with Crippen LogP contribution in [0.15, 0.2) is 18.5 Å². The number of nitrogens with one attached hydrogen (secondary N) is 1. The van der Waals surface area contributed by atoms with E-state index in [9.17, 15) is 22.3 Å². The Balaban J connectivity index is 1.52. The summed E-state index contributed by atoms with van der Waals surface area (Å²) in [7, 11) is -3.43. The van der Waals surface area contributed by atoms with Crippen molar-refractivity contribution in [2.75, 3.05) is 24.7 Å². The number of aliphatic hydroxyl groups is 1. The molecule has 3 unspecified atom stereocenters. The topological polar surface area (TPSA) is 100 Å². The molecule has 11 heteroatoms. The number of alkyl halides is 2. The molecule has 2 N–H and O–H groups in total. The van der Waals surface area contributed by atoms with Gasteiger partial charge in [0.25, 0.3) is 0 Å². The van der Waals surface area contributed by atoms with Crippen molar-refractivity contribution in [3.63, 3.8) is 0 Å². The first-order valence-electron chi connectivity index (χ1n) is 9.74. The number of halogens is 2. The third-order valence-electron chi connectivity index (χ3n) is 5.81. The van der Waals surface area contributed by atoms with Gasteiger partial charge < -0.3 is 15.0 Å². The molecule has 0 amide bonds. The lowest BCUT2D eigenvalue weighted by Crippen LogP contribution is -2.49. The monoisotopic (exact) mass is 429 g/mol. The number of rotatable bonds is 4. The number of anilines is 1. The predicted octanol–water partition coefficient (Wildman–Crippen LogP) is 1.64. The van der Waals surface area contributed by atoms with Crippen molar-refractivity contribution in [3.05, 3.63) is 18.5 Å². The van der Waals surface area contributed by atoms with Crippen molar-refractivity contribution in [2.24, 2.45) is 0 Å². The Morgan fingerprint density at radius 1 is 1.24 bits per heavy atom. The highest BCUT2D eigenvalue weighted by molar-refractivity contribution is 7.88. The molecule has 0 aromatic carbocycles. The molecule has 4 rings (SSSR count). The number of hydrogen-bond donors (Lipinski definition) is 2. The van der Waals surface area contributed by atoms with Gasteiger partial charge in [-0.2, -0.15) is 9.29 Å². The Bertz CT molecular complexity index is 985. The van der Waals surface area contributed by atoms with Crippen molar-refractivity contribution < 1.29 is 22.3 Å². The van der Waals surface area contributed by atoms with Crippen LogP contribution >= 0.6 is 0 Å². The normalized spacial score (nSPS) is 31.8. The van der Waals surface area contributed by atoms with Crippen LogP contribution in [0.5, 0.6) is 0 Å². The Labute approximate surface area is 168 Å².